The number of carbonyl (C=O) groups is 1. The lowest BCUT2D eigenvalue weighted by atomic mass is 10.2. The normalized spacial score (nSPS) is 12.1. The molecule has 1 aliphatic rings. The van der Waals surface area contributed by atoms with Gasteiger partial charge in [-0.3, -0.25) is 0 Å². The van der Waals surface area contributed by atoms with E-state index < -0.39 is 0 Å². The zero-order chi connectivity index (χ0) is 16.2. The molecular formula is C17H17FN2O3. The van der Waals surface area contributed by atoms with Gasteiger partial charge in [0.25, 0.3) is 0 Å². The van der Waals surface area contributed by atoms with E-state index >= 15 is 0 Å². The van der Waals surface area contributed by atoms with Crippen LogP contribution in [-0.2, 0) is 6.54 Å². The molecule has 0 bridgehead atoms. The van der Waals surface area contributed by atoms with Crippen molar-refractivity contribution in [2.24, 2.45) is 0 Å². The molecule has 2 aromatic rings. The Hall–Kier alpha value is -2.76. The van der Waals surface area contributed by atoms with Crippen LogP contribution < -0.4 is 14.8 Å². The van der Waals surface area contributed by atoms with Crippen LogP contribution in [0.4, 0.5) is 14.9 Å². The highest BCUT2D eigenvalue weighted by Crippen LogP contribution is 2.32. The first-order valence-corrected chi connectivity index (χ1v) is 7.35. The fraction of sp³-hybridized carbons (Fsp3) is 0.235. The number of hydrogen-bond acceptors (Lipinski definition) is 3. The SMILES string of the molecule is CCN(Cc1ccc2c(c1)OCO2)C(=O)Nc1ccc(F)cc1. The summed E-state index contributed by atoms with van der Waals surface area (Å²) in [7, 11) is 0. The molecule has 0 fully saturated rings. The van der Waals surface area contributed by atoms with Gasteiger partial charge in [0, 0.05) is 18.8 Å². The molecule has 23 heavy (non-hydrogen) atoms. The number of fused-ring (bicyclic) bond motifs is 1. The largest absolute Gasteiger partial charge is 0.454 e. The number of amides is 2. The molecule has 1 aliphatic heterocycles. The van der Waals surface area contributed by atoms with Crippen LogP contribution in [0.15, 0.2) is 42.5 Å². The zero-order valence-electron chi connectivity index (χ0n) is 12.7. The van der Waals surface area contributed by atoms with Gasteiger partial charge in [-0.25, -0.2) is 9.18 Å². The van der Waals surface area contributed by atoms with Crippen molar-refractivity contribution >= 4 is 11.7 Å². The summed E-state index contributed by atoms with van der Waals surface area (Å²) in [6.45, 7) is 3.11. The lowest BCUT2D eigenvalue weighted by Gasteiger charge is -2.21. The van der Waals surface area contributed by atoms with Gasteiger partial charge in [0.2, 0.25) is 6.79 Å². The second-order valence-corrected chi connectivity index (χ2v) is 5.14. The first-order valence-electron chi connectivity index (χ1n) is 7.35. The molecule has 0 aliphatic carbocycles. The summed E-state index contributed by atoms with van der Waals surface area (Å²) in [4.78, 5) is 14.0. The Labute approximate surface area is 133 Å². The van der Waals surface area contributed by atoms with E-state index in [4.69, 9.17) is 9.47 Å². The molecule has 0 spiro atoms. The first kappa shape index (κ1) is 15.1. The molecule has 5 nitrogen and oxygen atoms in total. The number of benzene rings is 2. The molecule has 0 unspecified atom stereocenters. The summed E-state index contributed by atoms with van der Waals surface area (Å²) in [5, 5.41) is 2.76. The summed E-state index contributed by atoms with van der Waals surface area (Å²) in [6, 6.07) is 11.1. The van der Waals surface area contributed by atoms with Crippen molar-refractivity contribution < 1.29 is 18.7 Å². The van der Waals surface area contributed by atoms with E-state index in [1.165, 1.54) is 24.3 Å². The maximum absolute atomic E-state index is 12.9. The molecule has 120 valence electrons. The number of nitrogens with one attached hydrogen (secondary N) is 1. The van der Waals surface area contributed by atoms with Crippen molar-refractivity contribution in [2.45, 2.75) is 13.5 Å². The predicted molar refractivity (Wildman–Crippen MR) is 84.1 cm³/mol. The maximum Gasteiger partial charge on any atom is 0.322 e. The van der Waals surface area contributed by atoms with E-state index in [-0.39, 0.29) is 18.6 Å². The Bertz CT molecular complexity index is 703. The van der Waals surface area contributed by atoms with Gasteiger partial charge in [0.1, 0.15) is 5.82 Å². The summed E-state index contributed by atoms with van der Waals surface area (Å²) in [6.07, 6.45) is 0. The number of ether oxygens (including phenoxy) is 2. The summed E-state index contributed by atoms with van der Waals surface area (Å²) < 4.78 is 23.5. The smallest absolute Gasteiger partial charge is 0.322 e. The number of hydrogen-bond donors (Lipinski definition) is 1. The van der Waals surface area contributed by atoms with Gasteiger partial charge < -0.3 is 19.7 Å². The van der Waals surface area contributed by atoms with Gasteiger partial charge in [0.15, 0.2) is 11.5 Å². The van der Waals surface area contributed by atoms with Gasteiger partial charge in [-0.15, -0.1) is 0 Å². The maximum atomic E-state index is 12.9. The van der Waals surface area contributed by atoms with Crippen LogP contribution in [0.1, 0.15) is 12.5 Å². The highest BCUT2D eigenvalue weighted by Gasteiger charge is 2.16. The van der Waals surface area contributed by atoms with E-state index in [0.29, 0.717) is 30.3 Å². The molecule has 2 amide bonds. The van der Waals surface area contributed by atoms with E-state index in [1.54, 1.807) is 4.90 Å². The molecule has 0 saturated heterocycles. The molecule has 0 aromatic heterocycles. The van der Waals surface area contributed by atoms with Crippen molar-refractivity contribution in [1.29, 1.82) is 0 Å². The van der Waals surface area contributed by atoms with E-state index in [0.717, 1.165) is 5.56 Å². The van der Waals surface area contributed by atoms with Crippen LogP contribution in [0.3, 0.4) is 0 Å². The number of rotatable bonds is 4. The van der Waals surface area contributed by atoms with Crippen LogP contribution in [0.2, 0.25) is 0 Å². The molecule has 1 heterocycles. The van der Waals surface area contributed by atoms with E-state index in [2.05, 4.69) is 5.32 Å². The van der Waals surface area contributed by atoms with Crippen LogP contribution in [0.25, 0.3) is 0 Å². The number of anilines is 1. The highest BCUT2D eigenvalue weighted by atomic mass is 19.1. The van der Waals surface area contributed by atoms with Gasteiger partial charge in [0.05, 0.1) is 0 Å². The average molecular weight is 316 g/mol. The molecule has 0 atom stereocenters. The number of nitrogens with zero attached hydrogens (tertiary/aromatic N) is 1. The lowest BCUT2D eigenvalue weighted by molar-refractivity contribution is 0.174. The molecule has 6 heteroatoms. The number of carbonyl (C=O) groups excluding carboxylic acids is 1. The molecular weight excluding hydrogens is 299 g/mol. The first-order chi connectivity index (χ1) is 11.2. The van der Waals surface area contributed by atoms with Gasteiger partial charge in [-0.05, 0) is 48.9 Å². The van der Waals surface area contributed by atoms with Gasteiger partial charge in [-0.2, -0.15) is 0 Å². The molecule has 3 rings (SSSR count). The predicted octanol–water partition coefficient (Wildman–Crippen LogP) is 3.61. The fourth-order valence-corrected chi connectivity index (χ4v) is 2.32. The Morgan fingerprint density at radius 1 is 1.17 bits per heavy atom. The van der Waals surface area contributed by atoms with Crippen LogP contribution >= 0.6 is 0 Å². The van der Waals surface area contributed by atoms with Crippen molar-refractivity contribution in [3.63, 3.8) is 0 Å². The van der Waals surface area contributed by atoms with Gasteiger partial charge >= 0.3 is 6.03 Å². The van der Waals surface area contributed by atoms with E-state index in [1.807, 2.05) is 25.1 Å². The van der Waals surface area contributed by atoms with Crippen LogP contribution in [0.5, 0.6) is 11.5 Å². The topological polar surface area (TPSA) is 50.8 Å². The Morgan fingerprint density at radius 3 is 2.65 bits per heavy atom. The Kier molecular flexibility index (Phi) is 4.32. The van der Waals surface area contributed by atoms with Crippen molar-refractivity contribution in [1.82, 2.24) is 4.90 Å². The summed E-state index contributed by atoms with van der Waals surface area (Å²) in [5.41, 5.74) is 1.51. The third-order valence-electron chi connectivity index (χ3n) is 3.57. The van der Waals surface area contributed by atoms with E-state index in [9.17, 15) is 9.18 Å². The van der Waals surface area contributed by atoms with Crippen LogP contribution in [-0.4, -0.2) is 24.3 Å². The minimum atomic E-state index is -0.337. The second-order valence-electron chi connectivity index (χ2n) is 5.14. The molecule has 2 aromatic carbocycles. The zero-order valence-corrected chi connectivity index (χ0v) is 12.7. The number of halogens is 1. The van der Waals surface area contributed by atoms with Crippen molar-refractivity contribution in [3.8, 4) is 11.5 Å². The fourth-order valence-electron chi connectivity index (χ4n) is 2.32. The Balaban J connectivity index is 1.67. The Morgan fingerprint density at radius 2 is 1.91 bits per heavy atom. The quantitative estimate of drug-likeness (QED) is 0.937. The summed E-state index contributed by atoms with van der Waals surface area (Å²) in [5.74, 6) is 1.07. The number of urea groups is 1. The van der Waals surface area contributed by atoms with Crippen molar-refractivity contribution in [2.75, 3.05) is 18.7 Å². The third-order valence-corrected chi connectivity index (χ3v) is 3.57. The second kappa shape index (κ2) is 6.56. The molecule has 0 saturated carbocycles. The lowest BCUT2D eigenvalue weighted by Crippen LogP contribution is -2.34. The minimum absolute atomic E-state index is 0.224. The van der Waals surface area contributed by atoms with Crippen LogP contribution in [0, 0.1) is 5.82 Å². The average Bonchev–Trinajstić information content (AvgIpc) is 3.02. The van der Waals surface area contributed by atoms with Crippen molar-refractivity contribution in [3.05, 3.63) is 53.8 Å². The van der Waals surface area contributed by atoms with Gasteiger partial charge in [-0.1, -0.05) is 6.07 Å². The molecule has 0 radical (unpaired) electrons. The molecule has 1 N–H and O–H groups in total. The monoisotopic (exact) mass is 316 g/mol. The summed E-state index contributed by atoms with van der Waals surface area (Å²) >= 11 is 0. The third kappa shape index (κ3) is 3.53. The highest BCUT2D eigenvalue weighted by molar-refractivity contribution is 5.89. The standard InChI is InChI=1S/C17H17FN2O3/c1-2-20(17(21)19-14-6-4-13(18)5-7-14)10-12-3-8-15-16(9-12)23-11-22-15/h3-9H,2,10-11H2,1H3,(H,19,21). The minimum Gasteiger partial charge on any atom is -0.454 e.